The molecular weight excluding hydrogens is 418 g/mol. The summed E-state index contributed by atoms with van der Waals surface area (Å²) in [6, 6.07) is 20.7. The number of esters is 1. The Morgan fingerprint density at radius 2 is 1.61 bits per heavy atom. The Morgan fingerprint density at radius 3 is 2.21 bits per heavy atom. The van der Waals surface area contributed by atoms with Crippen LogP contribution in [0.1, 0.15) is 21.5 Å². The van der Waals surface area contributed by atoms with Crippen molar-refractivity contribution in [3.63, 3.8) is 0 Å². The van der Waals surface area contributed by atoms with E-state index in [0.29, 0.717) is 23.7 Å². The van der Waals surface area contributed by atoms with Crippen LogP contribution in [0.5, 0.6) is 11.5 Å². The van der Waals surface area contributed by atoms with E-state index in [1.54, 1.807) is 12.1 Å². The minimum Gasteiger partial charge on any atom is -0.488 e. The molecule has 0 aliphatic rings. The fourth-order valence-corrected chi connectivity index (χ4v) is 3.90. The number of hydrogen-bond acceptors (Lipinski definition) is 4. The molecule has 0 fully saturated rings. The predicted molar refractivity (Wildman–Crippen MR) is 115 cm³/mol. The van der Waals surface area contributed by atoms with Crippen LogP contribution in [0, 0.1) is 6.92 Å². The lowest BCUT2D eigenvalue weighted by Gasteiger charge is -2.22. The molecule has 0 heterocycles. The van der Waals surface area contributed by atoms with Crippen molar-refractivity contribution in [2.24, 2.45) is 0 Å². The summed E-state index contributed by atoms with van der Waals surface area (Å²) in [5, 5.41) is 0. The van der Waals surface area contributed by atoms with Gasteiger partial charge in [-0.2, -0.15) is 0 Å². The Hall–Kier alpha value is -2.79. The van der Waals surface area contributed by atoms with Crippen LogP contribution < -0.4 is 14.4 Å². The Kier molecular flexibility index (Phi) is 6.37. The number of ether oxygens (including phenoxy) is 2. The molecule has 0 radical (unpaired) electrons. The van der Waals surface area contributed by atoms with Crippen LogP contribution in [0.2, 0.25) is 0 Å². The normalized spacial score (nSPS) is 10.4. The lowest BCUT2D eigenvalue weighted by Crippen LogP contribution is -2.17. The zero-order chi connectivity index (χ0) is 20.1. The summed E-state index contributed by atoms with van der Waals surface area (Å²) in [4.78, 5) is 15.0. The molecule has 0 saturated heterocycles. The summed E-state index contributed by atoms with van der Waals surface area (Å²) < 4.78 is 12.5. The molecule has 0 N–H and O–H groups in total. The molecule has 0 aliphatic carbocycles. The molecular formula is C23H22BrNO3. The van der Waals surface area contributed by atoms with Crippen molar-refractivity contribution < 1.29 is 14.3 Å². The van der Waals surface area contributed by atoms with Crippen LogP contribution in [-0.2, 0) is 6.61 Å². The lowest BCUT2D eigenvalue weighted by molar-refractivity contribution is 0.0729. The van der Waals surface area contributed by atoms with Crippen LogP contribution in [0.15, 0.2) is 71.2 Å². The second-order valence-corrected chi connectivity index (χ2v) is 7.43. The van der Waals surface area contributed by atoms with Crippen LogP contribution in [0.4, 0.5) is 5.69 Å². The summed E-state index contributed by atoms with van der Waals surface area (Å²) >= 11 is 3.60. The highest BCUT2D eigenvalue weighted by Crippen LogP contribution is 2.38. The maximum absolute atomic E-state index is 13.0. The van der Waals surface area contributed by atoms with E-state index < -0.39 is 5.97 Å². The smallest absolute Gasteiger partial charge is 0.347 e. The Morgan fingerprint density at radius 1 is 1.00 bits per heavy atom. The Balaban J connectivity index is 1.98. The van der Waals surface area contributed by atoms with E-state index >= 15 is 0 Å². The summed E-state index contributed by atoms with van der Waals surface area (Å²) in [6.07, 6.45) is 0. The van der Waals surface area contributed by atoms with Gasteiger partial charge in [0.2, 0.25) is 0 Å². The molecule has 28 heavy (non-hydrogen) atoms. The standard InChI is InChI=1S/C23H22BrNO3/c1-16-21(23(26)28-18-12-8-5-9-13-18)20(14-19(24)22(16)25(2)3)27-15-17-10-6-4-7-11-17/h4-14H,15H2,1-3H3. The van der Waals surface area contributed by atoms with Gasteiger partial charge < -0.3 is 14.4 Å². The van der Waals surface area contributed by atoms with E-state index in [9.17, 15) is 4.79 Å². The third-order valence-electron chi connectivity index (χ3n) is 4.30. The van der Waals surface area contributed by atoms with Gasteiger partial charge >= 0.3 is 5.97 Å². The van der Waals surface area contributed by atoms with Crippen LogP contribution in [-0.4, -0.2) is 20.1 Å². The van der Waals surface area contributed by atoms with Crippen LogP contribution in [0.25, 0.3) is 0 Å². The molecule has 4 nitrogen and oxygen atoms in total. The van der Waals surface area contributed by atoms with Crippen LogP contribution in [0.3, 0.4) is 0 Å². The first-order valence-corrected chi connectivity index (χ1v) is 9.71. The molecule has 0 aromatic heterocycles. The molecule has 0 spiro atoms. The second-order valence-electron chi connectivity index (χ2n) is 6.58. The number of halogens is 1. The average Bonchev–Trinajstić information content (AvgIpc) is 2.67. The first-order chi connectivity index (χ1) is 13.5. The minimum atomic E-state index is -0.442. The van der Waals surface area contributed by atoms with Gasteiger partial charge in [-0.3, -0.25) is 0 Å². The Bertz CT molecular complexity index is 957. The van der Waals surface area contributed by atoms with Crippen molar-refractivity contribution >= 4 is 27.6 Å². The third-order valence-corrected chi connectivity index (χ3v) is 4.91. The fraction of sp³-hybridized carbons (Fsp3) is 0.174. The maximum Gasteiger partial charge on any atom is 0.347 e. The quantitative estimate of drug-likeness (QED) is 0.368. The molecule has 0 atom stereocenters. The van der Waals surface area contributed by atoms with Crippen molar-refractivity contribution in [2.45, 2.75) is 13.5 Å². The molecule has 0 saturated carbocycles. The van der Waals surface area contributed by atoms with Crippen molar-refractivity contribution in [2.75, 3.05) is 19.0 Å². The van der Waals surface area contributed by atoms with E-state index in [2.05, 4.69) is 15.9 Å². The van der Waals surface area contributed by atoms with Crippen molar-refractivity contribution in [3.05, 3.63) is 87.9 Å². The van der Waals surface area contributed by atoms with Gasteiger partial charge in [0.1, 0.15) is 23.7 Å². The van der Waals surface area contributed by atoms with Gasteiger partial charge in [0.15, 0.2) is 0 Å². The summed E-state index contributed by atoms with van der Waals surface area (Å²) in [7, 11) is 3.87. The maximum atomic E-state index is 13.0. The lowest BCUT2D eigenvalue weighted by atomic mass is 10.0. The number of carbonyl (C=O) groups excluding carboxylic acids is 1. The molecule has 0 unspecified atom stereocenters. The Labute approximate surface area is 173 Å². The largest absolute Gasteiger partial charge is 0.488 e. The highest BCUT2D eigenvalue weighted by molar-refractivity contribution is 9.10. The number of carbonyl (C=O) groups is 1. The van der Waals surface area contributed by atoms with Gasteiger partial charge in [0.05, 0.1) is 5.69 Å². The SMILES string of the molecule is Cc1c(C(=O)Oc2ccccc2)c(OCc2ccccc2)cc(Br)c1N(C)C. The first-order valence-electron chi connectivity index (χ1n) is 8.91. The predicted octanol–water partition coefficient (Wildman–Crippen LogP) is 5.62. The average molecular weight is 440 g/mol. The van der Waals surface area contributed by atoms with E-state index in [0.717, 1.165) is 21.3 Å². The highest BCUT2D eigenvalue weighted by Gasteiger charge is 2.23. The van der Waals surface area contributed by atoms with Crippen molar-refractivity contribution in [1.82, 2.24) is 0 Å². The third kappa shape index (κ3) is 4.54. The van der Waals surface area contributed by atoms with E-state index in [1.807, 2.05) is 80.5 Å². The molecule has 144 valence electrons. The zero-order valence-corrected chi connectivity index (χ0v) is 17.7. The second kappa shape index (κ2) is 8.93. The van der Waals surface area contributed by atoms with E-state index in [4.69, 9.17) is 9.47 Å². The van der Waals surface area contributed by atoms with E-state index in [1.165, 1.54) is 0 Å². The molecule has 5 heteroatoms. The van der Waals surface area contributed by atoms with Crippen molar-refractivity contribution in [3.8, 4) is 11.5 Å². The molecule has 3 rings (SSSR count). The topological polar surface area (TPSA) is 38.8 Å². The summed E-state index contributed by atoms with van der Waals surface area (Å²) in [5.41, 5.74) is 3.15. The number of para-hydroxylation sites is 1. The number of anilines is 1. The fourth-order valence-electron chi connectivity index (χ4n) is 3.04. The van der Waals surface area contributed by atoms with Gasteiger partial charge in [-0.1, -0.05) is 48.5 Å². The van der Waals surface area contributed by atoms with Crippen LogP contribution >= 0.6 is 15.9 Å². The molecule has 3 aromatic rings. The van der Waals surface area contributed by atoms with Gasteiger partial charge in [-0.15, -0.1) is 0 Å². The number of rotatable bonds is 6. The molecule has 0 amide bonds. The van der Waals surface area contributed by atoms with Gasteiger partial charge in [0, 0.05) is 18.6 Å². The number of nitrogens with zero attached hydrogens (tertiary/aromatic N) is 1. The summed E-state index contributed by atoms with van der Waals surface area (Å²) in [5.74, 6) is 0.539. The number of benzene rings is 3. The monoisotopic (exact) mass is 439 g/mol. The van der Waals surface area contributed by atoms with E-state index in [-0.39, 0.29) is 0 Å². The van der Waals surface area contributed by atoms with Gasteiger partial charge in [-0.25, -0.2) is 4.79 Å². The summed E-state index contributed by atoms with van der Waals surface area (Å²) in [6.45, 7) is 2.26. The van der Waals surface area contributed by atoms with Crippen molar-refractivity contribution in [1.29, 1.82) is 0 Å². The highest BCUT2D eigenvalue weighted by atomic mass is 79.9. The van der Waals surface area contributed by atoms with Gasteiger partial charge in [-0.05, 0) is 52.2 Å². The molecule has 0 bridgehead atoms. The number of hydrogen-bond donors (Lipinski definition) is 0. The molecule has 0 aliphatic heterocycles. The zero-order valence-electron chi connectivity index (χ0n) is 16.1. The molecule has 3 aromatic carbocycles. The van der Waals surface area contributed by atoms with Gasteiger partial charge in [0.25, 0.3) is 0 Å². The first kappa shape index (κ1) is 20.0. The minimum absolute atomic E-state index is 0.361.